The van der Waals surface area contributed by atoms with E-state index in [2.05, 4.69) is 5.32 Å². The minimum absolute atomic E-state index is 0.0721. The fraction of sp³-hybridized carbons (Fsp3) is 0.500. The number of carbonyl (C=O) groups excluding carboxylic acids is 1. The Morgan fingerprint density at radius 3 is 2.57 bits per heavy atom. The van der Waals surface area contributed by atoms with Gasteiger partial charge in [-0.2, -0.15) is 0 Å². The second-order valence-corrected chi connectivity index (χ2v) is 4.26. The molecule has 0 atom stereocenters. The Morgan fingerprint density at radius 2 is 1.86 bits per heavy atom. The maximum absolute atomic E-state index is 13.4. The van der Waals surface area contributed by atoms with Crippen molar-refractivity contribution in [3.05, 3.63) is 24.0 Å². The fourth-order valence-electron chi connectivity index (χ4n) is 1.48. The molecule has 0 radical (unpaired) electrons. The van der Waals surface area contributed by atoms with Crippen LogP contribution >= 0.6 is 0 Å². The number of ether oxygens (including phenoxy) is 3. The van der Waals surface area contributed by atoms with Crippen LogP contribution in [0.1, 0.15) is 6.42 Å². The van der Waals surface area contributed by atoms with Crippen LogP contribution in [0.4, 0.5) is 15.8 Å². The summed E-state index contributed by atoms with van der Waals surface area (Å²) < 4.78 is 28.6. The Kier molecular flexibility index (Phi) is 8.34. The first-order chi connectivity index (χ1) is 10.1. The molecule has 0 aromatic heterocycles. The summed E-state index contributed by atoms with van der Waals surface area (Å²) in [5.74, 6) is -0.857. The molecule has 3 N–H and O–H groups in total. The first kappa shape index (κ1) is 17.4. The van der Waals surface area contributed by atoms with E-state index in [9.17, 15) is 9.18 Å². The molecule has 0 aliphatic heterocycles. The van der Waals surface area contributed by atoms with Gasteiger partial charge in [0.15, 0.2) is 0 Å². The predicted octanol–water partition coefficient (Wildman–Crippen LogP) is 1.42. The van der Waals surface area contributed by atoms with Gasteiger partial charge in [-0.05, 0) is 18.2 Å². The first-order valence-corrected chi connectivity index (χ1v) is 6.62. The van der Waals surface area contributed by atoms with Crippen molar-refractivity contribution in [2.75, 3.05) is 51.2 Å². The van der Waals surface area contributed by atoms with E-state index in [1.165, 1.54) is 18.2 Å². The highest BCUT2D eigenvalue weighted by Crippen LogP contribution is 2.17. The molecule has 0 aliphatic carbocycles. The summed E-state index contributed by atoms with van der Waals surface area (Å²) in [7, 11) is 1.60. The van der Waals surface area contributed by atoms with Crippen molar-refractivity contribution in [2.24, 2.45) is 0 Å². The van der Waals surface area contributed by atoms with Crippen molar-refractivity contribution in [3.63, 3.8) is 0 Å². The fourth-order valence-corrected chi connectivity index (χ4v) is 1.48. The molecule has 0 spiro atoms. The van der Waals surface area contributed by atoms with Crippen LogP contribution in [0, 0.1) is 5.82 Å². The van der Waals surface area contributed by atoms with Crippen LogP contribution in [0.15, 0.2) is 18.2 Å². The highest BCUT2D eigenvalue weighted by atomic mass is 19.1. The third-order valence-electron chi connectivity index (χ3n) is 2.54. The van der Waals surface area contributed by atoms with Crippen molar-refractivity contribution in [2.45, 2.75) is 6.42 Å². The zero-order valence-electron chi connectivity index (χ0n) is 12.1. The number of halogens is 1. The molecule has 1 aromatic rings. The van der Waals surface area contributed by atoms with Gasteiger partial charge in [-0.25, -0.2) is 4.39 Å². The smallest absolute Gasteiger partial charge is 0.226 e. The van der Waals surface area contributed by atoms with Crippen LogP contribution in [-0.2, 0) is 19.0 Å². The van der Waals surface area contributed by atoms with Crippen molar-refractivity contribution in [1.82, 2.24) is 0 Å². The Hall–Kier alpha value is -1.70. The van der Waals surface area contributed by atoms with E-state index in [4.69, 9.17) is 19.9 Å². The lowest BCUT2D eigenvalue weighted by Gasteiger charge is -2.08. The first-order valence-electron chi connectivity index (χ1n) is 6.62. The summed E-state index contributed by atoms with van der Waals surface area (Å²) in [6, 6.07) is 4.01. The van der Waals surface area contributed by atoms with Crippen molar-refractivity contribution < 1.29 is 23.4 Å². The molecule has 0 saturated heterocycles. The highest BCUT2D eigenvalue weighted by Gasteiger charge is 2.07. The van der Waals surface area contributed by atoms with Crippen LogP contribution in [0.3, 0.4) is 0 Å². The summed E-state index contributed by atoms with van der Waals surface area (Å²) in [6.07, 6.45) is 0.131. The molecule has 6 nitrogen and oxygen atoms in total. The molecule has 7 heteroatoms. The van der Waals surface area contributed by atoms with Gasteiger partial charge in [-0.15, -0.1) is 0 Å². The summed E-state index contributed by atoms with van der Waals surface area (Å²) >= 11 is 0. The average Bonchev–Trinajstić information content (AvgIpc) is 2.46. The quantitative estimate of drug-likeness (QED) is 0.504. The van der Waals surface area contributed by atoms with Gasteiger partial charge in [0.05, 0.1) is 45.1 Å². The standard InChI is InChI=1S/C14H21FN2O4/c1-19-6-7-21-9-8-20-5-4-14(18)17-13-10-11(16)2-3-12(13)15/h2-3,10H,4-9,16H2,1H3,(H,17,18). The number of amides is 1. The number of methoxy groups -OCH3 is 1. The predicted molar refractivity (Wildman–Crippen MR) is 77.6 cm³/mol. The number of hydrogen-bond acceptors (Lipinski definition) is 5. The zero-order chi connectivity index (χ0) is 15.5. The summed E-state index contributed by atoms with van der Waals surface area (Å²) in [5, 5.41) is 2.45. The number of benzene rings is 1. The summed E-state index contributed by atoms with van der Waals surface area (Å²) in [6.45, 7) is 2.12. The average molecular weight is 300 g/mol. The second kappa shape index (κ2) is 10.1. The monoisotopic (exact) mass is 300 g/mol. The van der Waals surface area contributed by atoms with Crippen LogP contribution in [0.25, 0.3) is 0 Å². The van der Waals surface area contributed by atoms with E-state index in [0.717, 1.165) is 0 Å². The third kappa shape index (κ3) is 7.60. The SMILES string of the molecule is COCCOCCOCCC(=O)Nc1cc(N)ccc1F. The summed E-state index contributed by atoms with van der Waals surface area (Å²) in [5.41, 5.74) is 5.98. The lowest BCUT2D eigenvalue weighted by atomic mass is 10.2. The Labute approximate surface area is 123 Å². The molecule has 0 saturated carbocycles. The minimum Gasteiger partial charge on any atom is -0.399 e. The van der Waals surface area contributed by atoms with Gasteiger partial charge in [0, 0.05) is 12.8 Å². The van der Waals surface area contributed by atoms with E-state index >= 15 is 0 Å². The van der Waals surface area contributed by atoms with Gasteiger partial charge in [0.1, 0.15) is 5.82 Å². The van der Waals surface area contributed by atoms with E-state index in [1.807, 2.05) is 0 Å². The Morgan fingerprint density at radius 1 is 1.19 bits per heavy atom. The van der Waals surface area contributed by atoms with Crippen molar-refractivity contribution in [1.29, 1.82) is 0 Å². The molecule has 0 aliphatic rings. The number of hydrogen-bond donors (Lipinski definition) is 2. The second-order valence-electron chi connectivity index (χ2n) is 4.26. The minimum atomic E-state index is -0.523. The number of rotatable bonds is 10. The van der Waals surface area contributed by atoms with Crippen LogP contribution < -0.4 is 11.1 Å². The van der Waals surface area contributed by atoms with Gasteiger partial charge < -0.3 is 25.3 Å². The van der Waals surface area contributed by atoms with Crippen LogP contribution in [-0.4, -0.2) is 46.1 Å². The van der Waals surface area contributed by atoms with Crippen molar-refractivity contribution in [3.8, 4) is 0 Å². The normalized spacial score (nSPS) is 10.6. The van der Waals surface area contributed by atoms with E-state index < -0.39 is 5.82 Å². The van der Waals surface area contributed by atoms with Crippen LogP contribution in [0.2, 0.25) is 0 Å². The molecule has 118 valence electrons. The molecule has 1 rings (SSSR count). The molecule has 0 bridgehead atoms. The molecular weight excluding hydrogens is 279 g/mol. The molecule has 0 heterocycles. The van der Waals surface area contributed by atoms with Gasteiger partial charge >= 0.3 is 0 Å². The molecule has 1 aromatic carbocycles. The molecule has 1 amide bonds. The number of anilines is 2. The number of nitrogens with one attached hydrogen (secondary N) is 1. The third-order valence-corrected chi connectivity index (χ3v) is 2.54. The lowest BCUT2D eigenvalue weighted by molar-refractivity contribution is -0.117. The van der Waals surface area contributed by atoms with Crippen LogP contribution in [0.5, 0.6) is 0 Å². The molecule has 21 heavy (non-hydrogen) atoms. The highest BCUT2D eigenvalue weighted by molar-refractivity contribution is 5.91. The number of nitrogen functional groups attached to an aromatic ring is 1. The largest absolute Gasteiger partial charge is 0.399 e. The van der Waals surface area contributed by atoms with Gasteiger partial charge in [0.2, 0.25) is 5.91 Å². The number of nitrogens with two attached hydrogens (primary N) is 1. The van der Waals surface area contributed by atoms with E-state index in [1.54, 1.807) is 7.11 Å². The molecule has 0 fully saturated rings. The molecule has 0 unspecified atom stereocenters. The maximum Gasteiger partial charge on any atom is 0.226 e. The zero-order valence-corrected chi connectivity index (χ0v) is 12.1. The Balaban J connectivity index is 2.13. The Bertz CT molecular complexity index is 443. The van der Waals surface area contributed by atoms with Gasteiger partial charge in [-0.1, -0.05) is 0 Å². The van der Waals surface area contributed by atoms with Gasteiger partial charge in [0.25, 0.3) is 0 Å². The van der Waals surface area contributed by atoms with E-state index in [-0.39, 0.29) is 24.6 Å². The maximum atomic E-state index is 13.4. The molecular formula is C14H21FN2O4. The number of carbonyl (C=O) groups is 1. The van der Waals surface area contributed by atoms with Gasteiger partial charge in [-0.3, -0.25) is 4.79 Å². The van der Waals surface area contributed by atoms with E-state index in [0.29, 0.717) is 32.1 Å². The summed E-state index contributed by atoms with van der Waals surface area (Å²) in [4.78, 5) is 11.6. The lowest BCUT2D eigenvalue weighted by Crippen LogP contribution is -2.16. The topological polar surface area (TPSA) is 82.8 Å². The van der Waals surface area contributed by atoms with Crippen molar-refractivity contribution >= 4 is 17.3 Å².